The van der Waals surface area contributed by atoms with Gasteiger partial charge in [-0.1, -0.05) is 17.7 Å². The third-order valence-corrected chi connectivity index (χ3v) is 5.51. The molecule has 7 nitrogen and oxygen atoms in total. The van der Waals surface area contributed by atoms with E-state index in [0.717, 1.165) is 36.6 Å². The molecule has 0 spiro atoms. The lowest BCUT2D eigenvalue weighted by Crippen LogP contribution is -2.39. The first-order valence-electron chi connectivity index (χ1n) is 9.84. The van der Waals surface area contributed by atoms with Crippen LogP contribution in [0, 0.1) is 18.7 Å². The highest BCUT2D eigenvalue weighted by molar-refractivity contribution is 6.31. The van der Waals surface area contributed by atoms with E-state index in [9.17, 15) is 9.18 Å². The van der Waals surface area contributed by atoms with Crippen molar-refractivity contribution in [3.63, 3.8) is 0 Å². The number of likely N-dealkylation sites (tertiary alicyclic amines) is 1. The van der Waals surface area contributed by atoms with Crippen LogP contribution in [0.1, 0.15) is 34.7 Å². The average Bonchev–Trinajstić information content (AvgIpc) is 3.23. The molecule has 2 aromatic heterocycles. The van der Waals surface area contributed by atoms with Gasteiger partial charge < -0.3 is 10.2 Å². The summed E-state index contributed by atoms with van der Waals surface area (Å²) in [5.74, 6) is 1.63. The Morgan fingerprint density at radius 1 is 1.30 bits per heavy atom. The smallest absolute Gasteiger partial charge is 0.256 e. The van der Waals surface area contributed by atoms with Crippen LogP contribution < -0.4 is 5.32 Å². The molecule has 3 aromatic rings. The van der Waals surface area contributed by atoms with Gasteiger partial charge in [-0.15, -0.1) is 0 Å². The van der Waals surface area contributed by atoms with Gasteiger partial charge in [0.2, 0.25) is 0 Å². The summed E-state index contributed by atoms with van der Waals surface area (Å²) in [7, 11) is 0. The lowest BCUT2D eigenvalue weighted by molar-refractivity contribution is 0.0685. The molecule has 0 aliphatic carbocycles. The van der Waals surface area contributed by atoms with Gasteiger partial charge in [0.05, 0.1) is 16.8 Å². The van der Waals surface area contributed by atoms with E-state index in [0.29, 0.717) is 24.8 Å². The molecular weight excluding hydrogens is 407 g/mol. The predicted octanol–water partition coefficient (Wildman–Crippen LogP) is 4.14. The third kappa shape index (κ3) is 4.59. The van der Waals surface area contributed by atoms with Gasteiger partial charge in [-0.3, -0.25) is 9.89 Å². The Morgan fingerprint density at radius 3 is 2.83 bits per heavy atom. The molecule has 1 aliphatic rings. The first-order valence-corrected chi connectivity index (χ1v) is 10.2. The molecule has 156 valence electrons. The standard InChI is InChI=1S/C21H22ClFN6O/c1-13-11-18(26-17-5-8-24-28-17)27-19(25-13)12-14-6-9-29(10-7-14)21(30)15-3-2-4-16(22)20(15)23/h2-5,8,11,14H,6-7,9-10,12H2,1H3,(H2,24,25,26,27,28). The second-order valence-electron chi connectivity index (χ2n) is 7.45. The van der Waals surface area contributed by atoms with Crippen molar-refractivity contribution >= 4 is 29.1 Å². The molecule has 1 aromatic carbocycles. The molecule has 9 heteroatoms. The van der Waals surface area contributed by atoms with E-state index < -0.39 is 5.82 Å². The fourth-order valence-electron chi connectivity index (χ4n) is 3.69. The predicted molar refractivity (Wildman–Crippen MR) is 112 cm³/mol. The fraction of sp³-hybridized carbons (Fsp3) is 0.333. The van der Waals surface area contributed by atoms with E-state index in [1.807, 2.05) is 19.1 Å². The number of benzene rings is 1. The second-order valence-corrected chi connectivity index (χ2v) is 7.85. The molecule has 0 bridgehead atoms. The minimum absolute atomic E-state index is 0.0255. The normalized spacial score (nSPS) is 14.7. The van der Waals surface area contributed by atoms with Gasteiger partial charge in [-0.05, 0) is 37.8 Å². The average molecular weight is 429 g/mol. The number of aromatic amines is 1. The van der Waals surface area contributed by atoms with Crippen LogP contribution in [0.3, 0.4) is 0 Å². The number of rotatable bonds is 5. The first kappa shape index (κ1) is 20.3. The summed E-state index contributed by atoms with van der Waals surface area (Å²) in [5.41, 5.74) is 0.906. The van der Waals surface area contributed by atoms with E-state index in [-0.39, 0.29) is 16.5 Å². The van der Waals surface area contributed by atoms with E-state index in [2.05, 4.69) is 25.5 Å². The van der Waals surface area contributed by atoms with Crippen LogP contribution in [-0.2, 0) is 6.42 Å². The van der Waals surface area contributed by atoms with Crippen molar-refractivity contribution in [2.45, 2.75) is 26.2 Å². The van der Waals surface area contributed by atoms with E-state index in [1.54, 1.807) is 17.2 Å². The molecule has 30 heavy (non-hydrogen) atoms. The number of carbonyl (C=O) groups is 1. The number of piperidine rings is 1. The van der Waals surface area contributed by atoms with Crippen LogP contribution in [0.25, 0.3) is 0 Å². The quantitative estimate of drug-likeness (QED) is 0.637. The van der Waals surface area contributed by atoms with Gasteiger partial charge in [0.15, 0.2) is 5.82 Å². The summed E-state index contributed by atoms with van der Waals surface area (Å²) in [6, 6.07) is 8.22. The summed E-state index contributed by atoms with van der Waals surface area (Å²) >= 11 is 5.81. The van der Waals surface area contributed by atoms with Crippen LogP contribution in [-0.4, -0.2) is 44.1 Å². The summed E-state index contributed by atoms with van der Waals surface area (Å²) < 4.78 is 14.2. The van der Waals surface area contributed by atoms with Gasteiger partial charge in [-0.25, -0.2) is 14.4 Å². The Hall–Kier alpha value is -3.00. The fourth-order valence-corrected chi connectivity index (χ4v) is 3.86. The number of hydrogen-bond donors (Lipinski definition) is 2. The molecule has 0 radical (unpaired) electrons. The van der Waals surface area contributed by atoms with Crippen LogP contribution in [0.5, 0.6) is 0 Å². The van der Waals surface area contributed by atoms with Crippen LogP contribution >= 0.6 is 11.6 Å². The molecule has 4 rings (SSSR count). The largest absolute Gasteiger partial charge is 0.339 e. The second kappa shape index (κ2) is 8.79. The molecule has 0 saturated carbocycles. The van der Waals surface area contributed by atoms with Crippen molar-refractivity contribution in [1.29, 1.82) is 0 Å². The van der Waals surface area contributed by atoms with Crippen LogP contribution in [0.4, 0.5) is 16.0 Å². The van der Waals surface area contributed by atoms with Crippen molar-refractivity contribution in [2.24, 2.45) is 5.92 Å². The maximum atomic E-state index is 14.2. The van der Waals surface area contributed by atoms with Gasteiger partial charge in [0, 0.05) is 37.3 Å². The number of halogens is 2. The van der Waals surface area contributed by atoms with Crippen molar-refractivity contribution in [3.8, 4) is 0 Å². The Labute approximate surface area is 178 Å². The van der Waals surface area contributed by atoms with Crippen molar-refractivity contribution in [2.75, 3.05) is 18.4 Å². The molecule has 1 amide bonds. The zero-order valence-electron chi connectivity index (χ0n) is 16.5. The summed E-state index contributed by atoms with van der Waals surface area (Å²) in [4.78, 5) is 23.5. The Bertz CT molecular complexity index is 1030. The molecule has 0 unspecified atom stereocenters. The minimum Gasteiger partial charge on any atom is -0.339 e. The zero-order valence-corrected chi connectivity index (χ0v) is 17.3. The highest BCUT2D eigenvalue weighted by Crippen LogP contribution is 2.25. The highest BCUT2D eigenvalue weighted by atomic mass is 35.5. The van der Waals surface area contributed by atoms with Gasteiger partial charge >= 0.3 is 0 Å². The molecule has 1 aliphatic heterocycles. The minimum atomic E-state index is -0.656. The van der Waals surface area contributed by atoms with Crippen molar-refractivity contribution in [1.82, 2.24) is 25.1 Å². The first-order chi connectivity index (χ1) is 14.5. The number of nitrogens with zero attached hydrogens (tertiary/aromatic N) is 4. The van der Waals surface area contributed by atoms with Crippen LogP contribution in [0.15, 0.2) is 36.5 Å². The van der Waals surface area contributed by atoms with Gasteiger partial charge in [0.1, 0.15) is 17.5 Å². The van der Waals surface area contributed by atoms with E-state index in [1.165, 1.54) is 12.1 Å². The topological polar surface area (TPSA) is 86.8 Å². The number of nitrogens with one attached hydrogen (secondary N) is 2. The lowest BCUT2D eigenvalue weighted by atomic mass is 9.92. The van der Waals surface area contributed by atoms with Crippen molar-refractivity contribution < 1.29 is 9.18 Å². The Morgan fingerprint density at radius 2 is 2.10 bits per heavy atom. The molecule has 2 N–H and O–H groups in total. The SMILES string of the molecule is Cc1cc(Nc2ccn[nH]2)nc(CC2CCN(C(=O)c3cccc(Cl)c3F)CC2)n1. The maximum absolute atomic E-state index is 14.2. The lowest BCUT2D eigenvalue weighted by Gasteiger charge is -2.32. The number of aryl methyl sites for hydroxylation is 1. The molecule has 1 saturated heterocycles. The number of H-pyrrole nitrogens is 1. The zero-order chi connectivity index (χ0) is 21.1. The maximum Gasteiger partial charge on any atom is 0.256 e. The Balaban J connectivity index is 1.37. The molecule has 0 atom stereocenters. The van der Waals surface area contributed by atoms with Crippen LogP contribution in [0.2, 0.25) is 5.02 Å². The summed E-state index contributed by atoms with van der Waals surface area (Å²) in [6.07, 6.45) is 4.03. The van der Waals surface area contributed by atoms with Gasteiger partial charge in [-0.2, -0.15) is 5.10 Å². The van der Waals surface area contributed by atoms with E-state index in [4.69, 9.17) is 11.6 Å². The van der Waals surface area contributed by atoms with E-state index >= 15 is 0 Å². The number of carbonyl (C=O) groups excluding carboxylic acids is 1. The Kier molecular flexibility index (Phi) is 5.94. The summed E-state index contributed by atoms with van der Waals surface area (Å²) in [5, 5.41) is 9.91. The number of anilines is 2. The number of aromatic nitrogens is 4. The summed E-state index contributed by atoms with van der Waals surface area (Å²) in [6.45, 7) is 3.07. The number of hydrogen-bond acceptors (Lipinski definition) is 5. The number of amides is 1. The van der Waals surface area contributed by atoms with Crippen molar-refractivity contribution in [3.05, 3.63) is 64.5 Å². The molecule has 3 heterocycles. The third-order valence-electron chi connectivity index (χ3n) is 5.22. The monoisotopic (exact) mass is 428 g/mol. The highest BCUT2D eigenvalue weighted by Gasteiger charge is 2.26. The molecule has 1 fully saturated rings. The van der Waals surface area contributed by atoms with Gasteiger partial charge in [0.25, 0.3) is 5.91 Å². The molecular formula is C21H22ClFN6O.